The summed E-state index contributed by atoms with van der Waals surface area (Å²) in [4.78, 5) is 25.3. The molecular formula is C16H27NO3. The predicted molar refractivity (Wildman–Crippen MR) is 77.3 cm³/mol. The molecular weight excluding hydrogens is 254 g/mol. The molecule has 0 aromatic carbocycles. The topological polar surface area (TPSA) is 57.6 Å². The van der Waals surface area contributed by atoms with Gasteiger partial charge >= 0.3 is 5.97 Å². The van der Waals surface area contributed by atoms with E-state index < -0.39 is 12.0 Å². The summed E-state index contributed by atoms with van der Waals surface area (Å²) in [5.41, 5.74) is 0.311. The van der Waals surface area contributed by atoms with Crippen molar-refractivity contribution in [3.8, 4) is 0 Å². The van der Waals surface area contributed by atoms with E-state index in [0.29, 0.717) is 24.3 Å². The molecule has 1 atom stereocenters. The number of hydrogen-bond acceptors (Lipinski definition) is 2. The van der Waals surface area contributed by atoms with Crippen LogP contribution in [-0.4, -0.2) is 34.5 Å². The van der Waals surface area contributed by atoms with Gasteiger partial charge in [0.15, 0.2) is 0 Å². The second-order valence-corrected chi connectivity index (χ2v) is 7.44. The first-order valence-corrected chi connectivity index (χ1v) is 7.84. The summed E-state index contributed by atoms with van der Waals surface area (Å²) in [5, 5.41) is 9.19. The van der Waals surface area contributed by atoms with E-state index in [1.807, 2.05) is 0 Å². The van der Waals surface area contributed by atoms with Crippen LogP contribution in [0.4, 0.5) is 0 Å². The van der Waals surface area contributed by atoms with Gasteiger partial charge in [-0.25, -0.2) is 4.79 Å². The monoisotopic (exact) mass is 281 g/mol. The normalized spacial score (nSPS) is 31.4. The molecule has 4 heteroatoms. The minimum absolute atomic E-state index is 0.0496. The lowest BCUT2D eigenvalue weighted by molar-refractivity contribution is -0.150. The molecule has 2 aliphatic rings. The van der Waals surface area contributed by atoms with Crippen LogP contribution >= 0.6 is 0 Å². The van der Waals surface area contributed by atoms with E-state index in [-0.39, 0.29) is 11.8 Å². The third-order valence-corrected chi connectivity index (χ3v) is 5.12. The van der Waals surface area contributed by atoms with Gasteiger partial charge in [0.05, 0.1) is 0 Å². The standard InChI is InChI=1S/C16H27NO3/c1-16(2,3)12-8-6-11(7-9-12)14(18)17-10-4-5-13(17)15(19)20/h11-13H,4-10H2,1-3H3,(H,19,20)/t11?,12?,13-/m0/s1. The number of carboxylic acids is 1. The molecule has 4 nitrogen and oxygen atoms in total. The number of carbonyl (C=O) groups excluding carboxylic acids is 1. The summed E-state index contributed by atoms with van der Waals surface area (Å²) in [6, 6.07) is -0.581. The first-order valence-electron chi connectivity index (χ1n) is 7.84. The Hall–Kier alpha value is -1.06. The highest BCUT2D eigenvalue weighted by molar-refractivity contribution is 5.85. The van der Waals surface area contributed by atoms with Crippen molar-refractivity contribution >= 4 is 11.9 Å². The number of rotatable bonds is 2. The Morgan fingerprint density at radius 3 is 2.15 bits per heavy atom. The number of carboxylic acid groups (broad SMARTS) is 1. The lowest BCUT2D eigenvalue weighted by atomic mass is 9.69. The Kier molecular flexibility index (Phi) is 4.40. The Morgan fingerprint density at radius 1 is 1.05 bits per heavy atom. The van der Waals surface area contributed by atoms with E-state index >= 15 is 0 Å². The Bertz CT molecular complexity index is 378. The van der Waals surface area contributed by atoms with E-state index in [2.05, 4.69) is 20.8 Å². The average molecular weight is 281 g/mol. The van der Waals surface area contributed by atoms with Crippen LogP contribution in [0.25, 0.3) is 0 Å². The summed E-state index contributed by atoms with van der Waals surface area (Å²) in [6.07, 6.45) is 5.45. The first-order chi connectivity index (χ1) is 9.30. The molecule has 2 rings (SSSR count). The van der Waals surface area contributed by atoms with Crippen LogP contribution in [-0.2, 0) is 9.59 Å². The van der Waals surface area contributed by atoms with E-state index in [9.17, 15) is 14.7 Å². The number of likely N-dealkylation sites (tertiary alicyclic amines) is 1. The van der Waals surface area contributed by atoms with Gasteiger partial charge in [0, 0.05) is 12.5 Å². The van der Waals surface area contributed by atoms with Gasteiger partial charge in [0.2, 0.25) is 5.91 Å². The number of aliphatic carboxylic acids is 1. The molecule has 2 fully saturated rings. The lowest BCUT2D eigenvalue weighted by Crippen LogP contribution is -2.44. The molecule has 1 N–H and O–H groups in total. The second kappa shape index (κ2) is 5.74. The van der Waals surface area contributed by atoms with E-state index in [1.165, 1.54) is 0 Å². The Labute approximate surface area is 121 Å². The highest BCUT2D eigenvalue weighted by Gasteiger charge is 2.39. The van der Waals surface area contributed by atoms with Gasteiger partial charge in [-0.3, -0.25) is 4.79 Å². The zero-order valence-electron chi connectivity index (χ0n) is 12.9. The largest absolute Gasteiger partial charge is 0.480 e. The molecule has 0 aromatic rings. The zero-order valence-corrected chi connectivity index (χ0v) is 12.9. The van der Waals surface area contributed by atoms with Crippen LogP contribution in [0.5, 0.6) is 0 Å². The number of nitrogens with zero attached hydrogens (tertiary/aromatic N) is 1. The van der Waals surface area contributed by atoms with Crippen molar-refractivity contribution in [1.82, 2.24) is 4.90 Å². The van der Waals surface area contributed by atoms with Gasteiger partial charge in [-0.1, -0.05) is 20.8 Å². The van der Waals surface area contributed by atoms with Crippen LogP contribution in [0, 0.1) is 17.3 Å². The van der Waals surface area contributed by atoms with Crippen LogP contribution in [0.3, 0.4) is 0 Å². The number of hydrogen-bond donors (Lipinski definition) is 1. The molecule has 0 aromatic heterocycles. The SMILES string of the molecule is CC(C)(C)C1CCC(C(=O)N2CCC[C@H]2C(=O)O)CC1. The molecule has 1 aliphatic heterocycles. The molecule has 1 heterocycles. The minimum Gasteiger partial charge on any atom is -0.480 e. The molecule has 0 bridgehead atoms. The molecule has 1 aliphatic carbocycles. The van der Waals surface area contributed by atoms with E-state index in [4.69, 9.17) is 0 Å². The average Bonchev–Trinajstić information content (AvgIpc) is 2.86. The Balaban J connectivity index is 1.93. The fourth-order valence-electron chi connectivity index (χ4n) is 3.73. The van der Waals surface area contributed by atoms with Crippen molar-refractivity contribution in [3.05, 3.63) is 0 Å². The second-order valence-electron chi connectivity index (χ2n) is 7.44. The van der Waals surface area contributed by atoms with Gasteiger partial charge in [-0.05, 0) is 49.9 Å². The third kappa shape index (κ3) is 3.15. The molecule has 0 spiro atoms. The maximum Gasteiger partial charge on any atom is 0.326 e. The predicted octanol–water partition coefficient (Wildman–Crippen LogP) is 2.91. The molecule has 1 saturated carbocycles. The van der Waals surface area contributed by atoms with Crippen molar-refractivity contribution in [3.63, 3.8) is 0 Å². The zero-order chi connectivity index (χ0) is 14.9. The highest BCUT2D eigenvalue weighted by Crippen LogP contribution is 2.40. The van der Waals surface area contributed by atoms with Gasteiger partial charge < -0.3 is 10.0 Å². The van der Waals surface area contributed by atoms with Crippen LogP contribution in [0.15, 0.2) is 0 Å². The molecule has 0 radical (unpaired) electrons. The summed E-state index contributed by atoms with van der Waals surface area (Å²) >= 11 is 0. The summed E-state index contributed by atoms with van der Waals surface area (Å²) in [5.74, 6) is -0.0320. The van der Waals surface area contributed by atoms with Gasteiger partial charge in [-0.15, -0.1) is 0 Å². The summed E-state index contributed by atoms with van der Waals surface area (Å²) < 4.78 is 0. The fraction of sp³-hybridized carbons (Fsp3) is 0.875. The summed E-state index contributed by atoms with van der Waals surface area (Å²) in [6.45, 7) is 7.41. The maximum absolute atomic E-state index is 12.5. The first kappa shape index (κ1) is 15.3. The molecule has 0 unspecified atom stereocenters. The summed E-state index contributed by atoms with van der Waals surface area (Å²) in [7, 11) is 0. The number of amides is 1. The minimum atomic E-state index is -0.848. The van der Waals surface area contributed by atoms with Gasteiger partial charge in [0.25, 0.3) is 0 Å². The lowest BCUT2D eigenvalue weighted by Gasteiger charge is -2.37. The molecule has 1 saturated heterocycles. The number of carbonyl (C=O) groups is 2. The molecule has 114 valence electrons. The molecule has 1 amide bonds. The van der Waals surface area contributed by atoms with Crippen molar-refractivity contribution in [2.75, 3.05) is 6.54 Å². The van der Waals surface area contributed by atoms with Crippen molar-refractivity contribution in [2.45, 2.75) is 65.3 Å². The fourth-order valence-corrected chi connectivity index (χ4v) is 3.73. The highest BCUT2D eigenvalue weighted by atomic mass is 16.4. The van der Waals surface area contributed by atoms with Crippen LogP contribution < -0.4 is 0 Å². The van der Waals surface area contributed by atoms with Crippen molar-refractivity contribution < 1.29 is 14.7 Å². The van der Waals surface area contributed by atoms with Crippen LogP contribution in [0.1, 0.15) is 59.3 Å². The van der Waals surface area contributed by atoms with Crippen molar-refractivity contribution in [2.24, 2.45) is 17.3 Å². The smallest absolute Gasteiger partial charge is 0.326 e. The van der Waals surface area contributed by atoms with Gasteiger partial charge in [0.1, 0.15) is 6.04 Å². The quantitative estimate of drug-likeness (QED) is 0.846. The Morgan fingerprint density at radius 2 is 1.65 bits per heavy atom. The van der Waals surface area contributed by atoms with E-state index in [0.717, 1.165) is 32.1 Å². The maximum atomic E-state index is 12.5. The third-order valence-electron chi connectivity index (χ3n) is 5.12. The van der Waals surface area contributed by atoms with Gasteiger partial charge in [-0.2, -0.15) is 0 Å². The van der Waals surface area contributed by atoms with E-state index in [1.54, 1.807) is 4.90 Å². The van der Waals surface area contributed by atoms with Crippen molar-refractivity contribution in [1.29, 1.82) is 0 Å². The molecule has 20 heavy (non-hydrogen) atoms. The van der Waals surface area contributed by atoms with Crippen LogP contribution in [0.2, 0.25) is 0 Å².